The van der Waals surface area contributed by atoms with Gasteiger partial charge in [-0.1, -0.05) is 223 Å². The number of hydrogen-bond donors (Lipinski definition) is 8. The topological polar surface area (TPSA) is 176 Å². The molecule has 0 aromatic rings. The molecule has 5 saturated heterocycles. The number of halogens is 15. The maximum absolute atomic E-state index is 8.52. The van der Waals surface area contributed by atoms with Crippen molar-refractivity contribution in [2.24, 2.45) is 47.3 Å². The summed E-state index contributed by atoms with van der Waals surface area (Å²) < 4.78 is 34.1. The Morgan fingerprint density at radius 3 is 0.754 bits per heavy atom. The Kier molecular flexibility index (Phi) is 20.2. The molecule has 355 valence electrons. The average Bonchev–Trinajstić information content (AvgIpc) is 3.92. The molecule has 31 unspecified atom stereocenters. The normalized spacial score (nSPS) is 60.1. The van der Waals surface area contributed by atoms with Gasteiger partial charge in [0.05, 0.1) is 49.3 Å². The van der Waals surface area contributed by atoms with Crippen LogP contribution in [0.5, 0.6) is 0 Å². The molecule has 8 bridgehead atoms. The minimum Gasteiger partial charge on any atom is -0.759 e. The Balaban J connectivity index is 0.000000885. The molecule has 12 nitrogen and oxygen atoms in total. The second kappa shape index (κ2) is 22.1. The van der Waals surface area contributed by atoms with Crippen molar-refractivity contribution < 1.29 is 34.6 Å². The largest absolute Gasteiger partial charge is 2.00 e. The molecule has 4 saturated carbocycles. The first-order chi connectivity index (χ1) is 28.0. The van der Waals surface area contributed by atoms with Gasteiger partial charge in [0.25, 0.3) is 0 Å². The van der Waals surface area contributed by atoms with E-state index in [1.54, 1.807) is 0 Å². The quantitative estimate of drug-likeness (QED) is 0.0558. The fourth-order valence-electron chi connectivity index (χ4n) is 11.8. The number of hydrogen-bond acceptors (Lipinski definition) is 12. The molecule has 9 rings (SSSR count). The molecule has 0 aromatic heterocycles. The minimum atomic E-state index is -5.17. The van der Waals surface area contributed by atoms with Crippen LogP contribution >= 0.6 is 235 Å². The summed E-state index contributed by atoms with van der Waals surface area (Å²) in [6, 6.07) is 0. The Bertz CT molecular complexity index is 1680. The van der Waals surface area contributed by atoms with Crippen LogP contribution in [0.2, 0.25) is 0 Å². The minimum absolute atomic E-state index is 0. The molecule has 0 spiro atoms. The Labute approximate surface area is 490 Å². The van der Waals surface area contributed by atoms with Crippen molar-refractivity contribution >= 4 is 245 Å². The van der Waals surface area contributed by atoms with Gasteiger partial charge in [-0.2, -0.15) is 0 Å². The van der Waals surface area contributed by atoms with Crippen LogP contribution in [0.1, 0.15) is 6.42 Å². The first kappa shape index (κ1) is 55.8. The van der Waals surface area contributed by atoms with Crippen molar-refractivity contribution in [2.45, 2.75) is 129 Å². The Morgan fingerprint density at radius 2 is 0.525 bits per heavy atom. The zero-order chi connectivity index (χ0) is 43.8. The summed E-state index contributed by atoms with van der Waals surface area (Å²) in [5.41, 5.74) is 0. The molecule has 61 heavy (non-hydrogen) atoms. The van der Waals surface area contributed by atoms with Gasteiger partial charge in [0.2, 0.25) is 0 Å². The molecule has 8 N–H and O–H groups in total. The van der Waals surface area contributed by atoms with Crippen molar-refractivity contribution in [1.82, 2.24) is 42.5 Å². The number of nitrogens with one attached hydrogen (secondary N) is 8. The van der Waals surface area contributed by atoms with Gasteiger partial charge in [-0.15, -0.1) is 11.6 Å². The van der Waals surface area contributed by atoms with Crippen LogP contribution in [0.3, 0.4) is 0 Å². The van der Waals surface area contributed by atoms with Crippen LogP contribution in [0, 0.1) is 47.3 Å². The fraction of sp³-hybridized carbons (Fsp3) is 1.00. The van der Waals surface area contributed by atoms with Gasteiger partial charge in [-0.05, 0) is 12.3 Å². The summed E-state index contributed by atoms with van der Waals surface area (Å²) in [5.74, 6) is 2.24. The Morgan fingerprint density at radius 1 is 0.344 bits per heavy atom. The summed E-state index contributed by atoms with van der Waals surface area (Å²) in [5, 5.41) is 33.6. The number of fused-ring (bicyclic) bond motifs is 20. The molecule has 31 atom stereocenters. The van der Waals surface area contributed by atoms with Gasteiger partial charge >= 0.3 is 17.1 Å². The molecule has 1 radical (unpaired) electrons. The first-order valence-corrected chi connectivity index (χ1v) is 34.0. The Hall–Kier alpha value is 7.08. The predicted octanol–water partition coefficient (Wildman–Crippen LogP) is 6.71. The van der Waals surface area contributed by atoms with Crippen molar-refractivity contribution in [1.29, 1.82) is 0 Å². The first-order valence-electron chi connectivity index (χ1n) is 19.4. The summed E-state index contributed by atoms with van der Waals surface area (Å²) in [6.07, 6.45) is 1.13. The summed E-state index contributed by atoms with van der Waals surface area (Å²) in [6.45, 7) is 0. The molecule has 4 aliphatic carbocycles. The zero-order valence-electron chi connectivity index (χ0n) is 30.6. The number of rotatable bonds is 0. The van der Waals surface area contributed by atoms with Crippen LogP contribution < -0.4 is 42.5 Å². The molecule has 29 heteroatoms. The van der Waals surface area contributed by atoms with E-state index in [1.165, 1.54) is 0 Å². The van der Waals surface area contributed by atoms with Gasteiger partial charge in [0, 0.05) is 125 Å². The predicted molar refractivity (Wildman–Crippen MR) is 286 cm³/mol. The van der Waals surface area contributed by atoms with Gasteiger partial charge in [0.15, 0.2) is 0 Å². The van der Waals surface area contributed by atoms with E-state index in [-0.39, 0.29) is 181 Å². The summed E-state index contributed by atoms with van der Waals surface area (Å²) in [7, 11) is -5.17. The van der Waals surface area contributed by atoms with Crippen molar-refractivity contribution in [3.63, 3.8) is 0 Å². The van der Waals surface area contributed by atoms with E-state index in [1.807, 2.05) is 0 Å². The van der Waals surface area contributed by atoms with Crippen LogP contribution in [0.15, 0.2) is 0 Å². The van der Waals surface area contributed by atoms with E-state index in [0.717, 1.165) is 6.42 Å². The van der Waals surface area contributed by atoms with E-state index in [4.69, 9.17) is 29.1 Å². The summed E-state index contributed by atoms with van der Waals surface area (Å²) >= 11 is 65.4. The van der Waals surface area contributed by atoms with Gasteiger partial charge in [0.1, 0.15) is 0 Å². The maximum atomic E-state index is 8.52. The van der Waals surface area contributed by atoms with Crippen molar-refractivity contribution in [3.8, 4) is 0 Å². The monoisotopic (exact) mass is 1840 g/mol. The molecule has 9 fully saturated rings. The molecule has 5 aliphatic heterocycles. The molecular weight excluding hydrogens is 1810 g/mol. The van der Waals surface area contributed by atoms with Crippen LogP contribution in [-0.4, -0.2) is 140 Å². The van der Waals surface area contributed by atoms with Gasteiger partial charge in [-0.25, -0.2) is 0 Å². The standard InChI is InChI=1S/C32H41Br14ClN8.Cu.H2O4S/c33-11-3(47)1-2-4(12(11)34)26-48-25(2)49-27-5-6(14(36)20(42)19(41)13(5)35)29(51-27)53-31-9-10(18(40)24(46)23(45)17(9)39)32(55-31)54-30-8-7(28(50-26)52-30)15(37)21(43)22(44)16(8)38;;1-5(2,3)4/h2-32,48-55H,1H2;;(H2,1,2,3,4)/q;+2;/p-2. The van der Waals surface area contributed by atoms with Gasteiger partial charge in [-0.3, -0.25) is 51.0 Å². The molecular formula is C32H41Br14ClCuN8O4S. The van der Waals surface area contributed by atoms with E-state index in [2.05, 4.69) is 266 Å². The van der Waals surface area contributed by atoms with Crippen LogP contribution in [0.25, 0.3) is 0 Å². The fourth-order valence-corrected chi connectivity index (χ4v) is 26.4. The maximum Gasteiger partial charge on any atom is 2.00 e. The summed E-state index contributed by atoms with van der Waals surface area (Å²) in [4.78, 5) is 3.10. The van der Waals surface area contributed by atoms with E-state index >= 15 is 0 Å². The molecule has 0 amide bonds. The second-order valence-electron chi connectivity index (χ2n) is 17.2. The van der Waals surface area contributed by atoms with Crippen LogP contribution in [-0.2, 0) is 27.5 Å². The third-order valence-electron chi connectivity index (χ3n) is 14.3. The third-order valence-corrected chi connectivity index (χ3v) is 38.4. The van der Waals surface area contributed by atoms with Crippen LogP contribution in [0.4, 0.5) is 0 Å². The molecule has 5 heterocycles. The average molecular weight is 1850 g/mol. The van der Waals surface area contributed by atoms with Gasteiger partial charge < -0.3 is 9.11 Å². The second-order valence-corrected chi connectivity index (χ2v) is 33.4. The van der Waals surface area contributed by atoms with Crippen molar-refractivity contribution in [2.75, 3.05) is 0 Å². The third kappa shape index (κ3) is 10.7. The smallest absolute Gasteiger partial charge is 0.759 e. The zero-order valence-corrected chi connectivity index (χ0v) is 55.3. The molecule has 0 aromatic carbocycles. The van der Waals surface area contributed by atoms with Crippen molar-refractivity contribution in [3.05, 3.63) is 0 Å². The van der Waals surface area contributed by atoms with E-state index < -0.39 is 10.4 Å². The van der Waals surface area contributed by atoms with E-state index in [0.29, 0.717) is 5.92 Å². The SMILES string of the molecule is ClC1CC2C3NC(NC4NC(NC5NC(NC6NC(N3)C3C(Br)C(Br)C(Br)C(Br)C63)C3C(Br)C(Br)C(Br)C(Br)C53)C3C(Br)C(Br)C(Br)C(Br)C43)C2C(Br)C1Br.O=S(=O)([O-])[O-].[Cu+2]. The molecule has 9 aliphatic rings. The van der Waals surface area contributed by atoms with E-state index in [9.17, 15) is 0 Å². The number of alkyl halides is 15.